The molecule has 11 heteroatoms. The van der Waals surface area contributed by atoms with Crippen LogP contribution < -0.4 is 5.32 Å². The fourth-order valence-corrected chi connectivity index (χ4v) is 5.99. The van der Waals surface area contributed by atoms with Gasteiger partial charge >= 0.3 is 18.1 Å². The largest absolute Gasteiger partial charge is 0.491 e. The molecule has 1 N–H and O–H groups in total. The first kappa shape index (κ1) is 29.5. The topological polar surface area (TPSA) is 76.5 Å². The number of carbonyl (C=O) groups is 2. The molecule has 2 fully saturated rings. The molecule has 3 heterocycles. The number of fused-ring (bicyclic) bond motifs is 1. The molecule has 0 bridgehead atoms. The standard InChI is InChI=1S/C30H34ClF3N4O3/c31-24-6-3-22(4-7-24)18-38-26-17-21(2-1-20-9-13-35-14-10-20)5-8-25(26)28(36-38)23-11-15-37(16-12-23)19-27(39)41-29(40)30(32,33)34/h3-8,17,20,23,35H,1-2,9-16,18-19H2. The van der Waals surface area contributed by atoms with Crippen LogP contribution in [0, 0.1) is 5.92 Å². The Labute approximate surface area is 242 Å². The highest BCUT2D eigenvalue weighted by Crippen LogP contribution is 2.34. The van der Waals surface area contributed by atoms with E-state index in [-0.39, 0.29) is 12.5 Å². The smallest absolute Gasteiger partial charge is 0.385 e. The van der Waals surface area contributed by atoms with Crippen LogP contribution in [0.25, 0.3) is 10.9 Å². The van der Waals surface area contributed by atoms with Crippen molar-refractivity contribution in [1.29, 1.82) is 0 Å². The van der Waals surface area contributed by atoms with E-state index in [9.17, 15) is 22.8 Å². The molecule has 41 heavy (non-hydrogen) atoms. The molecule has 0 atom stereocenters. The third kappa shape index (κ3) is 7.67. The summed E-state index contributed by atoms with van der Waals surface area (Å²) in [5, 5.41) is 10.3. The zero-order valence-electron chi connectivity index (χ0n) is 22.8. The summed E-state index contributed by atoms with van der Waals surface area (Å²) in [6.07, 6.45) is 0.803. The van der Waals surface area contributed by atoms with Crippen molar-refractivity contribution < 1.29 is 27.5 Å². The minimum atomic E-state index is -5.19. The molecule has 1 aromatic heterocycles. The van der Waals surface area contributed by atoms with Crippen LogP contribution in [0.15, 0.2) is 42.5 Å². The van der Waals surface area contributed by atoms with Gasteiger partial charge in [-0.2, -0.15) is 18.3 Å². The Hall–Kier alpha value is -2.95. The summed E-state index contributed by atoms with van der Waals surface area (Å²) in [7, 11) is 0. The number of nitrogens with zero attached hydrogens (tertiary/aromatic N) is 3. The highest BCUT2D eigenvalue weighted by atomic mass is 35.5. The second-order valence-corrected chi connectivity index (χ2v) is 11.5. The van der Waals surface area contributed by atoms with E-state index in [4.69, 9.17) is 16.7 Å². The zero-order valence-corrected chi connectivity index (χ0v) is 23.5. The normalized spacial score (nSPS) is 17.7. The molecule has 7 nitrogen and oxygen atoms in total. The molecule has 2 saturated heterocycles. The first-order valence-corrected chi connectivity index (χ1v) is 14.5. The second-order valence-electron chi connectivity index (χ2n) is 11.1. The maximum atomic E-state index is 12.4. The Kier molecular flexibility index (Phi) is 9.31. The molecular weight excluding hydrogens is 557 g/mol. The fourth-order valence-electron chi connectivity index (χ4n) is 5.87. The average molecular weight is 591 g/mol. The third-order valence-electron chi connectivity index (χ3n) is 8.16. The number of hydrogen-bond acceptors (Lipinski definition) is 6. The van der Waals surface area contributed by atoms with Crippen molar-refractivity contribution in [3.8, 4) is 0 Å². The summed E-state index contributed by atoms with van der Waals surface area (Å²) in [6, 6.07) is 14.4. The minimum absolute atomic E-state index is 0.133. The lowest BCUT2D eigenvalue weighted by atomic mass is 9.90. The summed E-state index contributed by atoms with van der Waals surface area (Å²) >= 11 is 6.10. The molecule has 0 radical (unpaired) electrons. The van der Waals surface area contributed by atoms with Gasteiger partial charge in [0.15, 0.2) is 0 Å². The number of benzene rings is 2. The van der Waals surface area contributed by atoms with Gasteiger partial charge in [0.1, 0.15) is 0 Å². The van der Waals surface area contributed by atoms with Crippen LogP contribution >= 0.6 is 11.6 Å². The first-order chi connectivity index (χ1) is 19.7. The van der Waals surface area contributed by atoms with Gasteiger partial charge in [-0.1, -0.05) is 35.9 Å². The predicted molar refractivity (Wildman–Crippen MR) is 150 cm³/mol. The molecule has 2 aliphatic rings. The summed E-state index contributed by atoms with van der Waals surface area (Å²) in [5.74, 6) is -2.80. The molecule has 0 unspecified atom stereocenters. The summed E-state index contributed by atoms with van der Waals surface area (Å²) in [4.78, 5) is 24.6. The highest BCUT2D eigenvalue weighted by molar-refractivity contribution is 6.30. The number of aromatic nitrogens is 2. The Bertz CT molecular complexity index is 1360. The second kappa shape index (κ2) is 12.9. The number of ether oxygens (including phenoxy) is 1. The van der Waals surface area contributed by atoms with E-state index in [1.165, 1.54) is 24.8 Å². The lowest BCUT2D eigenvalue weighted by molar-refractivity contribution is -0.202. The average Bonchev–Trinajstić information content (AvgIpc) is 3.31. The maximum Gasteiger partial charge on any atom is 0.491 e. The maximum absolute atomic E-state index is 12.4. The molecular formula is C30H34ClF3N4O3. The van der Waals surface area contributed by atoms with Crippen molar-refractivity contribution in [3.63, 3.8) is 0 Å². The van der Waals surface area contributed by atoms with Crippen molar-refractivity contribution in [2.45, 2.75) is 57.2 Å². The van der Waals surface area contributed by atoms with E-state index in [1.807, 2.05) is 24.3 Å². The van der Waals surface area contributed by atoms with E-state index in [0.717, 1.165) is 47.6 Å². The van der Waals surface area contributed by atoms with Crippen LogP contribution in [-0.4, -0.2) is 65.5 Å². The quantitative estimate of drug-likeness (QED) is 0.277. The Morgan fingerprint density at radius 2 is 1.68 bits per heavy atom. The summed E-state index contributed by atoms with van der Waals surface area (Å²) in [6.45, 7) is 3.39. The molecule has 0 spiro atoms. The number of halogens is 4. The first-order valence-electron chi connectivity index (χ1n) is 14.1. The molecule has 0 amide bonds. The number of esters is 2. The van der Waals surface area contributed by atoms with E-state index >= 15 is 0 Å². The molecule has 3 aromatic rings. The predicted octanol–water partition coefficient (Wildman–Crippen LogP) is 5.48. The number of rotatable bonds is 8. The van der Waals surface area contributed by atoms with E-state index in [0.29, 0.717) is 37.5 Å². The molecule has 2 aliphatic heterocycles. The van der Waals surface area contributed by atoms with Crippen LogP contribution in [-0.2, 0) is 27.3 Å². The van der Waals surface area contributed by atoms with Gasteiger partial charge in [-0.05, 0) is 99.9 Å². The van der Waals surface area contributed by atoms with Crippen molar-refractivity contribution in [2.75, 3.05) is 32.7 Å². The van der Waals surface area contributed by atoms with Gasteiger partial charge in [0.05, 0.1) is 24.3 Å². The van der Waals surface area contributed by atoms with Gasteiger partial charge < -0.3 is 10.1 Å². The monoisotopic (exact) mass is 590 g/mol. The number of aryl methyl sites for hydroxylation is 1. The van der Waals surface area contributed by atoms with Gasteiger partial charge in [0.2, 0.25) is 0 Å². The number of likely N-dealkylation sites (tertiary alicyclic amines) is 1. The minimum Gasteiger partial charge on any atom is -0.385 e. The molecule has 0 saturated carbocycles. The molecule has 2 aromatic carbocycles. The Balaban J connectivity index is 1.30. The summed E-state index contributed by atoms with van der Waals surface area (Å²) < 4.78 is 43.2. The van der Waals surface area contributed by atoms with Gasteiger partial charge in [0.25, 0.3) is 0 Å². The van der Waals surface area contributed by atoms with Gasteiger partial charge in [-0.15, -0.1) is 0 Å². The van der Waals surface area contributed by atoms with Crippen LogP contribution in [0.4, 0.5) is 13.2 Å². The lowest BCUT2D eigenvalue weighted by Crippen LogP contribution is -2.39. The van der Waals surface area contributed by atoms with E-state index < -0.39 is 18.1 Å². The van der Waals surface area contributed by atoms with Gasteiger partial charge in [-0.3, -0.25) is 14.4 Å². The van der Waals surface area contributed by atoms with Crippen molar-refractivity contribution in [3.05, 3.63) is 64.3 Å². The third-order valence-corrected chi connectivity index (χ3v) is 8.41. The Morgan fingerprint density at radius 1 is 1.00 bits per heavy atom. The molecule has 220 valence electrons. The van der Waals surface area contributed by atoms with E-state index in [2.05, 4.69) is 32.9 Å². The number of carbonyl (C=O) groups excluding carboxylic acids is 2. The SMILES string of the molecule is O=C(CN1CCC(c2nn(Cc3ccc(Cl)cc3)c3cc(CCC4CCNCC4)ccc23)CC1)OC(=O)C(F)(F)F. The number of hydrogen-bond donors (Lipinski definition) is 1. The van der Waals surface area contributed by atoms with Crippen LogP contribution in [0.2, 0.25) is 5.02 Å². The van der Waals surface area contributed by atoms with Crippen LogP contribution in [0.5, 0.6) is 0 Å². The Morgan fingerprint density at radius 3 is 2.37 bits per heavy atom. The lowest BCUT2D eigenvalue weighted by Gasteiger charge is -2.30. The van der Waals surface area contributed by atoms with Crippen molar-refractivity contribution in [1.82, 2.24) is 20.0 Å². The van der Waals surface area contributed by atoms with Crippen LogP contribution in [0.1, 0.15) is 54.8 Å². The van der Waals surface area contributed by atoms with Gasteiger partial charge in [0, 0.05) is 16.3 Å². The van der Waals surface area contributed by atoms with Crippen molar-refractivity contribution in [2.24, 2.45) is 5.92 Å². The number of piperidine rings is 2. The zero-order chi connectivity index (χ0) is 29.0. The van der Waals surface area contributed by atoms with Crippen LogP contribution in [0.3, 0.4) is 0 Å². The fraction of sp³-hybridized carbons (Fsp3) is 0.500. The molecule has 0 aliphatic carbocycles. The number of alkyl halides is 3. The number of nitrogens with one attached hydrogen (secondary N) is 1. The van der Waals surface area contributed by atoms with E-state index in [1.54, 1.807) is 4.90 Å². The summed E-state index contributed by atoms with van der Waals surface area (Å²) in [5.41, 5.74) is 4.46. The molecule has 5 rings (SSSR count). The van der Waals surface area contributed by atoms with Gasteiger partial charge in [-0.25, -0.2) is 4.79 Å². The highest BCUT2D eigenvalue weighted by Gasteiger charge is 2.42. The van der Waals surface area contributed by atoms with Crippen molar-refractivity contribution >= 4 is 34.4 Å².